The zero-order valence-corrected chi connectivity index (χ0v) is 17.2. The summed E-state index contributed by atoms with van der Waals surface area (Å²) in [5.41, 5.74) is 1.32. The van der Waals surface area contributed by atoms with Gasteiger partial charge in [-0.25, -0.2) is 4.68 Å². The average Bonchev–Trinajstić information content (AvgIpc) is 3.01. The van der Waals surface area contributed by atoms with Crippen LogP contribution in [0.4, 0.5) is 5.69 Å². The van der Waals surface area contributed by atoms with E-state index in [0.29, 0.717) is 33.3 Å². The van der Waals surface area contributed by atoms with Crippen LogP contribution in [-0.4, -0.2) is 33.1 Å². The van der Waals surface area contributed by atoms with Crippen LogP contribution in [0.3, 0.4) is 0 Å². The number of halogens is 2. The molecule has 0 radical (unpaired) electrons. The van der Waals surface area contributed by atoms with Gasteiger partial charge in [-0.05, 0) is 49.4 Å². The van der Waals surface area contributed by atoms with Crippen molar-refractivity contribution in [2.24, 2.45) is 0 Å². The van der Waals surface area contributed by atoms with Crippen LogP contribution < -0.4 is 15.9 Å². The van der Waals surface area contributed by atoms with E-state index in [2.05, 4.69) is 15.5 Å². The van der Waals surface area contributed by atoms with Gasteiger partial charge in [-0.2, -0.15) is 0 Å². The number of aromatic nitrogens is 3. The lowest BCUT2D eigenvalue weighted by molar-refractivity contribution is -0.113. The van der Waals surface area contributed by atoms with Crippen molar-refractivity contribution in [3.8, 4) is 17.1 Å². The van der Waals surface area contributed by atoms with Crippen LogP contribution in [0.5, 0.6) is 5.75 Å². The molecular weight excluding hydrogens is 421 g/mol. The molecule has 10 heteroatoms. The quantitative estimate of drug-likeness (QED) is 0.426. The molecule has 1 heterocycles. The van der Waals surface area contributed by atoms with Gasteiger partial charge in [-0.3, -0.25) is 4.79 Å². The van der Waals surface area contributed by atoms with Gasteiger partial charge in [-0.1, -0.05) is 35.0 Å². The zero-order chi connectivity index (χ0) is 20.1. The van der Waals surface area contributed by atoms with Crippen LogP contribution in [0.15, 0.2) is 47.6 Å². The van der Waals surface area contributed by atoms with Crippen molar-refractivity contribution in [1.82, 2.24) is 14.9 Å². The first-order chi connectivity index (χ1) is 13.5. The number of thioether (sulfide) groups is 1. The molecular formula is C18H17Cl2N5O2S. The highest BCUT2D eigenvalue weighted by molar-refractivity contribution is 7.99. The van der Waals surface area contributed by atoms with Crippen molar-refractivity contribution in [2.45, 2.75) is 12.1 Å². The van der Waals surface area contributed by atoms with Crippen molar-refractivity contribution in [2.75, 3.05) is 23.5 Å². The van der Waals surface area contributed by atoms with E-state index in [4.69, 9.17) is 33.8 Å². The Kier molecular flexibility index (Phi) is 6.66. The van der Waals surface area contributed by atoms with Crippen LogP contribution in [0.25, 0.3) is 11.4 Å². The number of hydrogen-bond acceptors (Lipinski definition) is 6. The molecule has 0 fully saturated rings. The minimum atomic E-state index is -0.242. The van der Waals surface area contributed by atoms with E-state index in [-0.39, 0.29) is 11.7 Å². The SMILES string of the molecule is CCOc1ccc(-c2nnc(SCC(=O)Nc3cc(Cl)cc(Cl)c3)n2N)cc1. The molecule has 0 aliphatic rings. The Balaban J connectivity index is 1.63. The predicted octanol–water partition coefficient (Wildman–Crippen LogP) is 4.10. The monoisotopic (exact) mass is 437 g/mol. The Morgan fingerprint density at radius 2 is 1.86 bits per heavy atom. The van der Waals surface area contributed by atoms with E-state index in [1.807, 2.05) is 31.2 Å². The molecule has 28 heavy (non-hydrogen) atoms. The second kappa shape index (κ2) is 9.18. The second-order valence-electron chi connectivity index (χ2n) is 5.63. The summed E-state index contributed by atoms with van der Waals surface area (Å²) in [5, 5.41) is 12.2. The molecule has 0 aliphatic carbocycles. The van der Waals surface area contributed by atoms with Crippen LogP contribution in [0.1, 0.15) is 6.92 Å². The van der Waals surface area contributed by atoms with Crippen LogP contribution in [0, 0.1) is 0 Å². The smallest absolute Gasteiger partial charge is 0.234 e. The normalized spacial score (nSPS) is 10.7. The average molecular weight is 438 g/mol. The van der Waals surface area contributed by atoms with E-state index < -0.39 is 0 Å². The maximum atomic E-state index is 12.2. The molecule has 1 aromatic heterocycles. The highest BCUT2D eigenvalue weighted by Crippen LogP contribution is 2.25. The molecule has 3 N–H and O–H groups in total. The fourth-order valence-electron chi connectivity index (χ4n) is 2.39. The summed E-state index contributed by atoms with van der Waals surface area (Å²) >= 11 is 13.0. The molecule has 3 aromatic rings. The van der Waals surface area contributed by atoms with Gasteiger partial charge in [-0.15, -0.1) is 10.2 Å². The predicted molar refractivity (Wildman–Crippen MR) is 113 cm³/mol. The van der Waals surface area contributed by atoms with E-state index in [0.717, 1.165) is 11.3 Å². The van der Waals surface area contributed by atoms with Crippen LogP contribution in [0.2, 0.25) is 10.0 Å². The number of rotatable bonds is 7. The third-order valence-electron chi connectivity index (χ3n) is 3.57. The number of carbonyl (C=O) groups excluding carboxylic acids is 1. The van der Waals surface area contributed by atoms with E-state index in [1.54, 1.807) is 18.2 Å². The summed E-state index contributed by atoms with van der Waals surface area (Å²) in [7, 11) is 0. The highest BCUT2D eigenvalue weighted by Gasteiger charge is 2.14. The van der Waals surface area contributed by atoms with Gasteiger partial charge in [0, 0.05) is 21.3 Å². The molecule has 0 unspecified atom stereocenters. The lowest BCUT2D eigenvalue weighted by atomic mass is 10.2. The number of carbonyl (C=O) groups is 1. The Labute approximate surface area is 176 Å². The second-order valence-corrected chi connectivity index (χ2v) is 7.44. The maximum absolute atomic E-state index is 12.2. The molecule has 0 spiro atoms. The number of nitrogens with two attached hydrogens (primary N) is 1. The summed E-state index contributed by atoms with van der Waals surface area (Å²) < 4.78 is 6.77. The topological polar surface area (TPSA) is 95.1 Å². The Morgan fingerprint density at radius 3 is 2.50 bits per heavy atom. The van der Waals surface area contributed by atoms with Gasteiger partial charge < -0.3 is 15.9 Å². The van der Waals surface area contributed by atoms with Gasteiger partial charge in [0.05, 0.1) is 12.4 Å². The Bertz CT molecular complexity index is 958. The van der Waals surface area contributed by atoms with Gasteiger partial charge in [0.1, 0.15) is 5.75 Å². The molecule has 7 nitrogen and oxygen atoms in total. The lowest BCUT2D eigenvalue weighted by Gasteiger charge is -2.07. The molecule has 0 saturated carbocycles. The number of nitrogens with one attached hydrogen (secondary N) is 1. The minimum absolute atomic E-state index is 0.0999. The van der Waals surface area contributed by atoms with Crippen molar-refractivity contribution in [1.29, 1.82) is 0 Å². The minimum Gasteiger partial charge on any atom is -0.494 e. The summed E-state index contributed by atoms with van der Waals surface area (Å²) in [4.78, 5) is 12.2. The molecule has 0 aliphatic heterocycles. The number of ether oxygens (including phenoxy) is 1. The summed E-state index contributed by atoms with van der Waals surface area (Å²) in [6, 6.07) is 12.2. The molecule has 0 atom stereocenters. The fourth-order valence-corrected chi connectivity index (χ4v) is 3.57. The molecule has 146 valence electrons. The zero-order valence-electron chi connectivity index (χ0n) is 14.9. The number of nitrogens with zero attached hydrogens (tertiary/aromatic N) is 3. The van der Waals surface area contributed by atoms with E-state index in [1.165, 1.54) is 16.4 Å². The molecule has 1 amide bonds. The number of hydrogen-bond donors (Lipinski definition) is 2. The third kappa shape index (κ3) is 5.09. The molecule has 0 saturated heterocycles. The standard InChI is InChI=1S/C18H17Cl2N5O2S/c1-2-27-15-5-3-11(4-6-15)17-23-24-18(25(17)21)28-10-16(26)22-14-8-12(19)7-13(20)9-14/h3-9H,2,10,21H2,1H3,(H,22,26). The van der Waals surface area contributed by atoms with Gasteiger partial charge in [0.15, 0.2) is 5.82 Å². The molecule has 2 aromatic carbocycles. The number of amides is 1. The largest absolute Gasteiger partial charge is 0.494 e. The van der Waals surface area contributed by atoms with E-state index >= 15 is 0 Å². The van der Waals surface area contributed by atoms with Crippen molar-refractivity contribution in [3.63, 3.8) is 0 Å². The highest BCUT2D eigenvalue weighted by atomic mass is 35.5. The Hall–Kier alpha value is -2.42. The number of anilines is 1. The van der Waals surface area contributed by atoms with Gasteiger partial charge in [0.25, 0.3) is 0 Å². The first kappa shape index (κ1) is 20.3. The maximum Gasteiger partial charge on any atom is 0.234 e. The molecule has 0 bridgehead atoms. The fraction of sp³-hybridized carbons (Fsp3) is 0.167. The Morgan fingerprint density at radius 1 is 1.18 bits per heavy atom. The first-order valence-electron chi connectivity index (χ1n) is 8.28. The van der Waals surface area contributed by atoms with Gasteiger partial charge in [0.2, 0.25) is 11.1 Å². The van der Waals surface area contributed by atoms with Crippen molar-refractivity contribution in [3.05, 3.63) is 52.5 Å². The number of benzene rings is 2. The third-order valence-corrected chi connectivity index (χ3v) is 4.95. The van der Waals surface area contributed by atoms with Crippen molar-refractivity contribution < 1.29 is 9.53 Å². The lowest BCUT2D eigenvalue weighted by Crippen LogP contribution is -2.16. The van der Waals surface area contributed by atoms with Gasteiger partial charge >= 0.3 is 0 Å². The summed E-state index contributed by atoms with van der Waals surface area (Å²) in [6.07, 6.45) is 0. The first-order valence-corrected chi connectivity index (χ1v) is 10.0. The van der Waals surface area contributed by atoms with Crippen molar-refractivity contribution >= 4 is 46.6 Å². The summed E-state index contributed by atoms with van der Waals surface area (Å²) in [5.74, 6) is 7.20. The number of nitrogen functional groups attached to an aromatic ring is 1. The van der Waals surface area contributed by atoms with E-state index in [9.17, 15) is 4.79 Å². The van der Waals surface area contributed by atoms with Crippen LogP contribution >= 0.6 is 35.0 Å². The summed E-state index contributed by atoms with van der Waals surface area (Å²) in [6.45, 7) is 2.52. The van der Waals surface area contributed by atoms with Crippen LogP contribution in [-0.2, 0) is 4.79 Å². The molecule has 3 rings (SSSR count).